The molecule has 2 heteroatoms. The molecule has 0 aliphatic heterocycles. The maximum absolute atomic E-state index is 10.9. The molecular formula is C10H14O2. The van der Waals surface area contributed by atoms with Crippen molar-refractivity contribution in [3.05, 3.63) is 12.2 Å². The smallest absolute Gasteiger partial charge is 0.307 e. The summed E-state index contributed by atoms with van der Waals surface area (Å²) in [6, 6.07) is 0. The first-order valence-corrected chi connectivity index (χ1v) is 4.61. The van der Waals surface area contributed by atoms with Gasteiger partial charge in [-0.05, 0) is 30.6 Å². The number of carboxylic acids is 1. The van der Waals surface area contributed by atoms with Gasteiger partial charge in [-0.25, -0.2) is 0 Å². The second-order valence-corrected chi connectivity index (χ2v) is 4.01. The van der Waals surface area contributed by atoms with Crippen LogP contribution in [0.4, 0.5) is 0 Å². The van der Waals surface area contributed by atoms with Gasteiger partial charge < -0.3 is 5.11 Å². The van der Waals surface area contributed by atoms with Crippen LogP contribution in [-0.2, 0) is 4.79 Å². The average molecular weight is 166 g/mol. The summed E-state index contributed by atoms with van der Waals surface area (Å²) >= 11 is 0. The first-order chi connectivity index (χ1) is 5.70. The fourth-order valence-electron chi connectivity index (χ4n) is 2.66. The van der Waals surface area contributed by atoms with Crippen molar-refractivity contribution in [1.29, 1.82) is 0 Å². The summed E-state index contributed by atoms with van der Waals surface area (Å²) in [7, 11) is 0. The number of fused-ring (bicyclic) bond motifs is 2. The van der Waals surface area contributed by atoms with E-state index in [1.807, 2.05) is 0 Å². The van der Waals surface area contributed by atoms with Crippen LogP contribution in [0, 0.1) is 23.7 Å². The third-order valence-corrected chi connectivity index (χ3v) is 3.43. The third-order valence-electron chi connectivity index (χ3n) is 3.43. The van der Waals surface area contributed by atoms with Crippen LogP contribution in [0.15, 0.2) is 12.2 Å². The summed E-state index contributed by atoms with van der Waals surface area (Å²) in [5.74, 6) is 0.445. The van der Waals surface area contributed by atoms with Crippen molar-refractivity contribution >= 4 is 5.97 Å². The van der Waals surface area contributed by atoms with Gasteiger partial charge in [0.1, 0.15) is 0 Å². The van der Waals surface area contributed by atoms with E-state index in [0.717, 1.165) is 6.42 Å². The van der Waals surface area contributed by atoms with Crippen LogP contribution in [0.2, 0.25) is 0 Å². The quantitative estimate of drug-likeness (QED) is 0.604. The van der Waals surface area contributed by atoms with Gasteiger partial charge >= 0.3 is 5.97 Å². The SMILES string of the molecule is C[C@@H]1[C@@H](C(=O)O)[C@@H]2C=C[C@@H]1CC2. The molecule has 2 bridgehead atoms. The first-order valence-electron chi connectivity index (χ1n) is 4.61. The summed E-state index contributed by atoms with van der Waals surface area (Å²) in [5.41, 5.74) is 0. The summed E-state index contributed by atoms with van der Waals surface area (Å²) in [6.07, 6.45) is 6.57. The summed E-state index contributed by atoms with van der Waals surface area (Å²) in [6.45, 7) is 2.07. The Morgan fingerprint density at radius 2 is 1.92 bits per heavy atom. The maximum Gasteiger partial charge on any atom is 0.307 e. The van der Waals surface area contributed by atoms with E-state index in [1.54, 1.807) is 0 Å². The van der Waals surface area contributed by atoms with Crippen molar-refractivity contribution in [3.8, 4) is 0 Å². The van der Waals surface area contributed by atoms with Crippen LogP contribution in [0.25, 0.3) is 0 Å². The van der Waals surface area contributed by atoms with Gasteiger partial charge in [-0.3, -0.25) is 4.79 Å². The Morgan fingerprint density at radius 1 is 1.33 bits per heavy atom. The van der Waals surface area contributed by atoms with Gasteiger partial charge in [0.05, 0.1) is 5.92 Å². The van der Waals surface area contributed by atoms with Crippen LogP contribution < -0.4 is 0 Å². The molecule has 0 amide bonds. The molecule has 66 valence electrons. The number of carboxylic acid groups (broad SMARTS) is 1. The molecule has 0 spiro atoms. The average Bonchev–Trinajstić information content (AvgIpc) is 2.05. The zero-order chi connectivity index (χ0) is 8.72. The van der Waals surface area contributed by atoms with Gasteiger partial charge in [0.15, 0.2) is 0 Å². The molecule has 3 aliphatic carbocycles. The predicted octanol–water partition coefficient (Wildman–Crippen LogP) is 1.92. The summed E-state index contributed by atoms with van der Waals surface area (Å²) in [5, 5.41) is 9.00. The molecular weight excluding hydrogens is 152 g/mol. The fraction of sp³-hybridized carbons (Fsp3) is 0.700. The van der Waals surface area contributed by atoms with Gasteiger partial charge in [-0.1, -0.05) is 19.1 Å². The molecule has 0 radical (unpaired) electrons. The number of hydrogen-bond acceptors (Lipinski definition) is 1. The minimum atomic E-state index is -0.610. The maximum atomic E-state index is 10.9. The number of rotatable bonds is 1. The highest BCUT2D eigenvalue weighted by Crippen LogP contribution is 2.44. The van der Waals surface area contributed by atoms with Crippen molar-refractivity contribution in [3.63, 3.8) is 0 Å². The topological polar surface area (TPSA) is 37.3 Å². The highest BCUT2D eigenvalue weighted by atomic mass is 16.4. The third kappa shape index (κ3) is 0.977. The Hall–Kier alpha value is -0.790. The van der Waals surface area contributed by atoms with Crippen LogP contribution in [0.3, 0.4) is 0 Å². The lowest BCUT2D eigenvalue weighted by molar-refractivity contribution is -0.147. The van der Waals surface area contributed by atoms with Gasteiger partial charge in [0.2, 0.25) is 0 Å². The molecule has 0 aromatic rings. The van der Waals surface area contributed by atoms with Crippen molar-refractivity contribution < 1.29 is 9.90 Å². The van der Waals surface area contributed by atoms with Crippen molar-refractivity contribution in [2.45, 2.75) is 19.8 Å². The van der Waals surface area contributed by atoms with Crippen LogP contribution in [0.1, 0.15) is 19.8 Å². The molecule has 1 saturated carbocycles. The highest BCUT2D eigenvalue weighted by molar-refractivity contribution is 5.71. The predicted molar refractivity (Wildman–Crippen MR) is 45.6 cm³/mol. The Balaban J connectivity index is 2.26. The van der Waals surface area contributed by atoms with E-state index >= 15 is 0 Å². The van der Waals surface area contributed by atoms with Gasteiger partial charge in [0.25, 0.3) is 0 Å². The molecule has 3 aliphatic rings. The molecule has 4 atom stereocenters. The Labute approximate surface area is 72.3 Å². The molecule has 0 saturated heterocycles. The Kier molecular flexibility index (Phi) is 1.71. The number of hydrogen-bond donors (Lipinski definition) is 1. The zero-order valence-electron chi connectivity index (χ0n) is 7.23. The summed E-state index contributed by atoms with van der Waals surface area (Å²) in [4.78, 5) is 10.9. The van der Waals surface area contributed by atoms with E-state index in [-0.39, 0.29) is 5.92 Å². The lowest BCUT2D eigenvalue weighted by atomic mass is 9.63. The van der Waals surface area contributed by atoms with Crippen molar-refractivity contribution in [1.82, 2.24) is 0 Å². The largest absolute Gasteiger partial charge is 0.481 e. The zero-order valence-corrected chi connectivity index (χ0v) is 7.23. The molecule has 0 unspecified atom stereocenters. The Bertz CT molecular complexity index is 232. The van der Waals surface area contributed by atoms with Crippen molar-refractivity contribution in [2.75, 3.05) is 0 Å². The van der Waals surface area contributed by atoms with E-state index in [2.05, 4.69) is 19.1 Å². The normalized spacial score (nSPS) is 44.8. The standard InChI is InChI=1S/C10H14O2/c1-6-7-2-4-8(5-3-7)9(6)10(11)12/h2,4,6-9H,3,5H2,1H3,(H,11,12)/t6-,7+,8+,9+/m0/s1. The number of allylic oxidation sites excluding steroid dienone is 2. The molecule has 2 nitrogen and oxygen atoms in total. The second-order valence-electron chi connectivity index (χ2n) is 4.01. The fourth-order valence-corrected chi connectivity index (χ4v) is 2.66. The van der Waals surface area contributed by atoms with Gasteiger partial charge in [-0.15, -0.1) is 0 Å². The molecule has 1 N–H and O–H groups in total. The first kappa shape index (κ1) is 7.84. The monoisotopic (exact) mass is 166 g/mol. The number of carbonyl (C=O) groups is 1. The van der Waals surface area contributed by atoms with Crippen molar-refractivity contribution in [2.24, 2.45) is 23.7 Å². The van der Waals surface area contributed by atoms with E-state index in [4.69, 9.17) is 5.11 Å². The second kappa shape index (κ2) is 2.61. The van der Waals surface area contributed by atoms with Crippen LogP contribution in [-0.4, -0.2) is 11.1 Å². The highest BCUT2D eigenvalue weighted by Gasteiger charge is 2.41. The van der Waals surface area contributed by atoms with Crippen LogP contribution in [0.5, 0.6) is 0 Å². The Morgan fingerprint density at radius 3 is 2.25 bits per heavy atom. The molecule has 1 fully saturated rings. The molecule has 3 rings (SSSR count). The molecule has 0 aromatic carbocycles. The lowest BCUT2D eigenvalue weighted by Crippen LogP contribution is -2.39. The van der Waals surface area contributed by atoms with Gasteiger partial charge in [-0.2, -0.15) is 0 Å². The minimum absolute atomic E-state index is 0.117. The molecule has 0 aromatic heterocycles. The number of aliphatic carboxylic acids is 1. The molecule has 12 heavy (non-hydrogen) atoms. The van der Waals surface area contributed by atoms with E-state index < -0.39 is 5.97 Å². The summed E-state index contributed by atoms with van der Waals surface area (Å²) < 4.78 is 0. The van der Waals surface area contributed by atoms with E-state index in [0.29, 0.717) is 17.8 Å². The lowest BCUT2D eigenvalue weighted by Gasteiger charge is -2.41. The molecule has 0 heterocycles. The van der Waals surface area contributed by atoms with E-state index in [9.17, 15) is 4.79 Å². The van der Waals surface area contributed by atoms with E-state index in [1.165, 1.54) is 6.42 Å². The van der Waals surface area contributed by atoms with Gasteiger partial charge in [0, 0.05) is 0 Å². The van der Waals surface area contributed by atoms with Crippen LogP contribution >= 0.6 is 0 Å². The minimum Gasteiger partial charge on any atom is -0.481 e.